The zero-order chi connectivity index (χ0) is 20.2. The SMILES string of the molecule is CCn1c(-c2ccccc2)c(C2=NNC(=N[C@H](C)COC)SC2)c2ccccc21. The highest BCUT2D eigenvalue weighted by Gasteiger charge is 2.24. The summed E-state index contributed by atoms with van der Waals surface area (Å²) in [5.74, 6) is 0.781. The number of rotatable bonds is 6. The van der Waals surface area contributed by atoms with Crippen LogP contribution < -0.4 is 5.43 Å². The molecule has 150 valence electrons. The van der Waals surface area contributed by atoms with Gasteiger partial charge in [0.05, 0.1) is 24.1 Å². The molecule has 0 saturated carbocycles. The maximum absolute atomic E-state index is 5.18. The van der Waals surface area contributed by atoms with E-state index < -0.39 is 0 Å². The first-order valence-electron chi connectivity index (χ1n) is 9.92. The van der Waals surface area contributed by atoms with Crippen LogP contribution in [0.3, 0.4) is 0 Å². The van der Waals surface area contributed by atoms with Gasteiger partial charge in [-0.1, -0.05) is 60.3 Å². The quantitative estimate of drug-likeness (QED) is 0.642. The van der Waals surface area contributed by atoms with E-state index in [2.05, 4.69) is 76.5 Å². The molecule has 0 bridgehead atoms. The van der Waals surface area contributed by atoms with Crippen LogP contribution >= 0.6 is 11.8 Å². The van der Waals surface area contributed by atoms with Crippen molar-refractivity contribution in [3.63, 3.8) is 0 Å². The summed E-state index contributed by atoms with van der Waals surface area (Å²) in [7, 11) is 1.70. The number of aromatic nitrogens is 1. The summed E-state index contributed by atoms with van der Waals surface area (Å²) < 4.78 is 7.57. The fourth-order valence-electron chi connectivity index (χ4n) is 3.81. The Hall–Kier alpha value is -2.57. The van der Waals surface area contributed by atoms with Crippen molar-refractivity contribution < 1.29 is 4.74 Å². The minimum atomic E-state index is 0.105. The topological polar surface area (TPSA) is 50.9 Å². The molecular formula is C23H26N4OS. The van der Waals surface area contributed by atoms with E-state index in [1.54, 1.807) is 18.9 Å². The maximum atomic E-state index is 5.18. The predicted molar refractivity (Wildman–Crippen MR) is 124 cm³/mol. The Morgan fingerprint density at radius 2 is 1.93 bits per heavy atom. The molecule has 1 aliphatic rings. The third-order valence-electron chi connectivity index (χ3n) is 5.00. The van der Waals surface area contributed by atoms with Crippen molar-refractivity contribution in [3.05, 3.63) is 60.2 Å². The summed E-state index contributed by atoms with van der Waals surface area (Å²) in [6.45, 7) is 5.74. The number of nitrogens with one attached hydrogen (secondary N) is 1. The lowest BCUT2D eigenvalue weighted by Gasteiger charge is -2.18. The molecule has 0 fully saturated rings. The monoisotopic (exact) mass is 406 g/mol. The smallest absolute Gasteiger partial charge is 0.177 e. The van der Waals surface area contributed by atoms with E-state index in [1.807, 2.05) is 6.92 Å². The van der Waals surface area contributed by atoms with Gasteiger partial charge in [0.1, 0.15) is 0 Å². The standard InChI is InChI=1S/C23H26N4OS/c1-4-27-20-13-9-8-12-18(20)21(22(27)17-10-6-5-7-11-17)19-15-29-23(26-25-19)24-16(2)14-28-3/h5-13,16H,4,14-15H2,1-3H3,(H,24,26)/t16-/m1/s1. The fourth-order valence-corrected chi connectivity index (χ4v) is 4.66. The number of hydrogen-bond acceptors (Lipinski definition) is 4. The van der Waals surface area contributed by atoms with Crippen molar-refractivity contribution in [1.29, 1.82) is 0 Å². The molecule has 2 heterocycles. The van der Waals surface area contributed by atoms with Gasteiger partial charge < -0.3 is 9.30 Å². The molecule has 4 rings (SSSR count). The van der Waals surface area contributed by atoms with Crippen molar-refractivity contribution in [3.8, 4) is 11.3 Å². The lowest BCUT2D eigenvalue weighted by atomic mass is 10.0. The minimum Gasteiger partial charge on any atom is -0.382 e. The molecule has 1 atom stereocenters. The number of hydrazone groups is 1. The number of amidine groups is 1. The predicted octanol–water partition coefficient (Wildman–Crippen LogP) is 4.76. The van der Waals surface area contributed by atoms with Gasteiger partial charge in [-0.15, -0.1) is 0 Å². The molecule has 2 aromatic carbocycles. The first-order valence-corrected chi connectivity index (χ1v) is 10.9. The van der Waals surface area contributed by atoms with Gasteiger partial charge in [0.25, 0.3) is 0 Å². The molecule has 1 N–H and O–H groups in total. The van der Waals surface area contributed by atoms with Crippen LogP contribution in [-0.4, -0.2) is 41.0 Å². The van der Waals surface area contributed by atoms with Crippen LogP contribution in [0.25, 0.3) is 22.2 Å². The number of benzene rings is 2. The number of aryl methyl sites for hydroxylation is 1. The van der Waals surface area contributed by atoms with E-state index in [4.69, 9.17) is 9.84 Å². The maximum Gasteiger partial charge on any atom is 0.177 e. The molecule has 6 heteroatoms. The van der Waals surface area contributed by atoms with Gasteiger partial charge in [0, 0.05) is 35.9 Å². The van der Waals surface area contributed by atoms with Crippen molar-refractivity contribution in [2.75, 3.05) is 19.5 Å². The molecule has 0 saturated heterocycles. The molecule has 1 aromatic heterocycles. The van der Waals surface area contributed by atoms with Crippen LogP contribution in [-0.2, 0) is 11.3 Å². The summed E-state index contributed by atoms with van der Waals surface area (Å²) in [6.07, 6.45) is 0. The zero-order valence-electron chi connectivity index (χ0n) is 17.1. The third-order valence-corrected chi connectivity index (χ3v) is 5.89. The van der Waals surface area contributed by atoms with E-state index in [-0.39, 0.29) is 6.04 Å². The van der Waals surface area contributed by atoms with Crippen LogP contribution in [0.2, 0.25) is 0 Å². The molecule has 5 nitrogen and oxygen atoms in total. The van der Waals surface area contributed by atoms with E-state index in [1.165, 1.54) is 27.7 Å². The van der Waals surface area contributed by atoms with Crippen LogP contribution in [0.4, 0.5) is 0 Å². The third kappa shape index (κ3) is 3.95. The second-order valence-corrected chi connectivity index (χ2v) is 8.01. The molecule has 0 spiro atoms. The molecule has 0 unspecified atom stereocenters. The molecular weight excluding hydrogens is 380 g/mol. The summed E-state index contributed by atoms with van der Waals surface area (Å²) in [5.41, 5.74) is 9.10. The average Bonchev–Trinajstić information content (AvgIpc) is 3.09. The number of methoxy groups -OCH3 is 1. The molecule has 0 amide bonds. The van der Waals surface area contributed by atoms with E-state index >= 15 is 0 Å². The van der Waals surface area contributed by atoms with Crippen molar-refractivity contribution in [1.82, 2.24) is 9.99 Å². The van der Waals surface area contributed by atoms with Crippen LogP contribution in [0.1, 0.15) is 19.4 Å². The Kier molecular flexibility index (Phi) is 6.02. The molecule has 0 aliphatic carbocycles. The number of fused-ring (bicyclic) bond motifs is 1. The molecule has 3 aromatic rings. The Balaban J connectivity index is 1.81. The highest BCUT2D eigenvalue weighted by molar-refractivity contribution is 8.14. The Labute approximate surface area is 175 Å². The van der Waals surface area contributed by atoms with Gasteiger partial charge in [-0.25, -0.2) is 0 Å². The molecule has 0 radical (unpaired) electrons. The van der Waals surface area contributed by atoms with Crippen molar-refractivity contribution in [2.24, 2.45) is 10.1 Å². The second-order valence-electron chi connectivity index (χ2n) is 7.05. The first kappa shape index (κ1) is 19.7. The normalized spacial score (nSPS) is 16.7. The van der Waals surface area contributed by atoms with Gasteiger partial charge in [0.2, 0.25) is 0 Å². The summed E-state index contributed by atoms with van der Waals surface area (Å²) in [4.78, 5) is 4.65. The number of para-hydroxylation sites is 1. The van der Waals surface area contributed by atoms with Gasteiger partial charge in [-0.3, -0.25) is 10.4 Å². The summed E-state index contributed by atoms with van der Waals surface area (Å²) in [6, 6.07) is 19.3. The lowest BCUT2D eigenvalue weighted by Crippen LogP contribution is -2.27. The average molecular weight is 407 g/mol. The van der Waals surface area contributed by atoms with Gasteiger partial charge >= 0.3 is 0 Å². The van der Waals surface area contributed by atoms with Crippen molar-refractivity contribution in [2.45, 2.75) is 26.4 Å². The van der Waals surface area contributed by atoms with Crippen LogP contribution in [0.15, 0.2) is 64.7 Å². The summed E-state index contributed by atoms with van der Waals surface area (Å²) >= 11 is 1.69. The molecule has 29 heavy (non-hydrogen) atoms. The number of nitrogens with zero attached hydrogens (tertiary/aromatic N) is 3. The van der Waals surface area contributed by atoms with Gasteiger partial charge in [0.15, 0.2) is 5.17 Å². The van der Waals surface area contributed by atoms with Crippen LogP contribution in [0.5, 0.6) is 0 Å². The highest BCUT2D eigenvalue weighted by Crippen LogP contribution is 2.35. The molecule has 1 aliphatic heterocycles. The largest absolute Gasteiger partial charge is 0.382 e. The summed E-state index contributed by atoms with van der Waals surface area (Å²) in [5, 5.41) is 6.82. The number of hydrogen-bond donors (Lipinski definition) is 1. The first-order chi connectivity index (χ1) is 14.2. The second kappa shape index (κ2) is 8.84. The fraction of sp³-hybridized carbons (Fsp3) is 0.304. The van der Waals surface area contributed by atoms with Gasteiger partial charge in [-0.2, -0.15) is 5.10 Å². The zero-order valence-corrected chi connectivity index (χ0v) is 17.9. The Morgan fingerprint density at radius 1 is 1.17 bits per heavy atom. The van der Waals surface area contributed by atoms with E-state index in [9.17, 15) is 0 Å². The van der Waals surface area contributed by atoms with E-state index in [0.29, 0.717) is 6.61 Å². The van der Waals surface area contributed by atoms with Crippen molar-refractivity contribution >= 4 is 33.5 Å². The van der Waals surface area contributed by atoms with Crippen LogP contribution in [0, 0.1) is 0 Å². The Morgan fingerprint density at radius 3 is 2.62 bits per heavy atom. The highest BCUT2D eigenvalue weighted by atomic mass is 32.2. The van der Waals surface area contributed by atoms with Gasteiger partial charge in [-0.05, 0) is 25.5 Å². The minimum absolute atomic E-state index is 0.105. The number of thioether (sulfide) groups is 1. The number of ether oxygens (including phenoxy) is 1. The van der Waals surface area contributed by atoms with E-state index in [0.717, 1.165) is 23.2 Å². The lowest BCUT2D eigenvalue weighted by molar-refractivity contribution is 0.186. The number of aliphatic imine (C=N–C) groups is 1. The Bertz CT molecular complexity index is 1060.